The van der Waals surface area contributed by atoms with Crippen LogP contribution in [0.1, 0.15) is 67.6 Å². The van der Waals surface area contributed by atoms with E-state index in [9.17, 15) is 14.7 Å². The number of aryl methyl sites for hydroxylation is 4. The first-order chi connectivity index (χ1) is 24.4. The molecule has 0 aliphatic heterocycles. The number of aromatic nitrogens is 6. The molecule has 0 aliphatic rings. The Morgan fingerprint density at radius 1 is 0.863 bits per heavy atom. The SMILES string of the molecule is CCN(CC)c1nc(C)cc(C(=O)O)n1.CCc1cc(-c2noc(-c3cc(C)nc(N(CC)CC)n3)n2)cc(C)c1OC[C@@H](O)CNC(=O)CO. The molecule has 16 heteroatoms. The summed E-state index contributed by atoms with van der Waals surface area (Å²) in [5.74, 6) is 0.942. The van der Waals surface area contributed by atoms with Crippen LogP contribution in [0.25, 0.3) is 23.0 Å². The quantitative estimate of drug-likeness (QED) is 0.131. The first kappa shape index (κ1) is 40.2. The van der Waals surface area contributed by atoms with E-state index >= 15 is 0 Å². The van der Waals surface area contributed by atoms with Crippen molar-refractivity contribution < 1.29 is 34.2 Å². The molecule has 4 N–H and O–H groups in total. The Bertz CT molecular complexity index is 1760. The number of rotatable bonds is 16. The molecule has 276 valence electrons. The lowest BCUT2D eigenvalue weighted by Gasteiger charge is -2.18. The summed E-state index contributed by atoms with van der Waals surface area (Å²) >= 11 is 0. The zero-order valence-electron chi connectivity index (χ0n) is 30.6. The molecule has 0 radical (unpaired) electrons. The Kier molecular flexibility index (Phi) is 15.2. The Balaban J connectivity index is 0.000000391. The summed E-state index contributed by atoms with van der Waals surface area (Å²) < 4.78 is 11.4. The van der Waals surface area contributed by atoms with Crippen LogP contribution in [0.5, 0.6) is 5.75 Å². The van der Waals surface area contributed by atoms with E-state index < -0.39 is 24.6 Å². The number of aromatic carboxylic acids is 1. The van der Waals surface area contributed by atoms with Crippen molar-refractivity contribution in [3.63, 3.8) is 0 Å². The molecule has 0 saturated carbocycles. The van der Waals surface area contributed by atoms with Gasteiger partial charge in [-0.15, -0.1) is 0 Å². The minimum Gasteiger partial charge on any atom is -0.490 e. The summed E-state index contributed by atoms with van der Waals surface area (Å²) in [7, 11) is 0. The van der Waals surface area contributed by atoms with Gasteiger partial charge in [-0.3, -0.25) is 4.79 Å². The topological polar surface area (TPSA) is 213 Å². The lowest BCUT2D eigenvalue weighted by atomic mass is 10.0. The monoisotopic (exact) mass is 707 g/mol. The molecule has 0 unspecified atom stereocenters. The third-order valence-electron chi connectivity index (χ3n) is 7.73. The first-order valence-electron chi connectivity index (χ1n) is 17.0. The second kappa shape index (κ2) is 19.2. The first-order valence-corrected chi connectivity index (χ1v) is 17.0. The molecule has 1 atom stereocenters. The molecule has 4 rings (SSSR count). The molecular weight excluding hydrogens is 658 g/mol. The summed E-state index contributed by atoms with van der Waals surface area (Å²) in [5.41, 5.74) is 4.64. The van der Waals surface area contributed by atoms with Crippen LogP contribution in [0.3, 0.4) is 0 Å². The second-order valence-electron chi connectivity index (χ2n) is 11.5. The van der Waals surface area contributed by atoms with E-state index in [-0.39, 0.29) is 18.8 Å². The molecule has 3 aromatic heterocycles. The van der Waals surface area contributed by atoms with Crippen LogP contribution in [0, 0.1) is 20.8 Å². The maximum absolute atomic E-state index is 11.2. The van der Waals surface area contributed by atoms with Gasteiger partial charge in [0.25, 0.3) is 5.89 Å². The van der Waals surface area contributed by atoms with Crippen LogP contribution in [-0.4, -0.2) is 109 Å². The lowest BCUT2D eigenvalue weighted by molar-refractivity contribution is -0.124. The van der Waals surface area contributed by atoms with Gasteiger partial charge in [0.2, 0.25) is 23.6 Å². The number of anilines is 2. The number of carboxylic acid groups (broad SMARTS) is 1. The van der Waals surface area contributed by atoms with E-state index in [1.165, 1.54) is 6.07 Å². The van der Waals surface area contributed by atoms with Gasteiger partial charge in [0.05, 0.1) is 0 Å². The maximum Gasteiger partial charge on any atom is 0.354 e. The molecule has 0 fully saturated rings. The average molecular weight is 708 g/mol. The van der Waals surface area contributed by atoms with Gasteiger partial charge in [-0.2, -0.15) is 4.98 Å². The molecule has 4 aromatic rings. The summed E-state index contributed by atoms with van der Waals surface area (Å²) in [6.07, 6.45) is -0.230. The van der Waals surface area contributed by atoms with E-state index in [0.29, 0.717) is 47.2 Å². The normalized spacial score (nSPS) is 11.3. The summed E-state index contributed by atoms with van der Waals surface area (Å²) in [6, 6.07) is 7.12. The van der Waals surface area contributed by atoms with Gasteiger partial charge < -0.3 is 39.7 Å². The van der Waals surface area contributed by atoms with Crippen LogP contribution >= 0.6 is 0 Å². The van der Waals surface area contributed by atoms with Gasteiger partial charge in [-0.05, 0) is 90.3 Å². The standard InChI is InChI=1S/C25H34N6O5.C10H15N3O2/c1-6-17-11-18(9-15(4)22(17)35-14-19(33)12-26-21(34)13-32)23-29-24(36-30-23)20-10-16(5)27-25(28-20)31(7-2)8-3;1-4-13(5-2)10-11-7(3)6-8(12-10)9(14)15/h9-11,19,32-33H,6-8,12-14H2,1-5H3,(H,26,34);6H,4-5H2,1-3H3,(H,14,15)/t19-;/m0./s1. The minimum atomic E-state index is -1.02. The zero-order chi connectivity index (χ0) is 37.7. The van der Waals surface area contributed by atoms with Crippen LogP contribution in [-0.2, 0) is 11.2 Å². The van der Waals surface area contributed by atoms with Crippen molar-refractivity contribution in [3.8, 4) is 28.7 Å². The molecule has 0 saturated heterocycles. The highest BCUT2D eigenvalue weighted by molar-refractivity contribution is 5.85. The fraction of sp³-hybridized carbons (Fsp3) is 0.486. The summed E-state index contributed by atoms with van der Waals surface area (Å²) in [4.78, 5) is 47.9. The molecule has 16 nitrogen and oxygen atoms in total. The third kappa shape index (κ3) is 11.1. The van der Waals surface area contributed by atoms with Crippen molar-refractivity contribution in [2.24, 2.45) is 0 Å². The van der Waals surface area contributed by atoms with Crippen molar-refractivity contribution in [1.29, 1.82) is 0 Å². The fourth-order valence-corrected chi connectivity index (χ4v) is 5.04. The number of hydrogen-bond donors (Lipinski definition) is 4. The molecule has 0 aliphatic carbocycles. The number of hydrogen-bond acceptors (Lipinski definition) is 14. The Morgan fingerprint density at radius 3 is 2.04 bits per heavy atom. The van der Waals surface area contributed by atoms with E-state index in [0.717, 1.165) is 48.6 Å². The largest absolute Gasteiger partial charge is 0.490 e. The average Bonchev–Trinajstić information content (AvgIpc) is 3.61. The third-order valence-corrected chi connectivity index (χ3v) is 7.73. The van der Waals surface area contributed by atoms with E-state index in [1.807, 2.05) is 57.7 Å². The second-order valence-corrected chi connectivity index (χ2v) is 11.5. The number of carbonyl (C=O) groups excluding carboxylic acids is 1. The molecule has 1 aromatic carbocycles. The molecule has 0 bridgehead atoms. The van der Waals surface area contributed by atoms with E-state index in [2.05, 4.69) is 54.1 Å². The van der Waals surface area contributed by atoms with Crippen molar-refractivity contribution >= 4 is 23.8 Å². The van der Waals surface area contributed by atoms with Crippen molar-refractivity contribution in [2.45, 2.75) is 67.9 Å². The zero-order valence-corrected chi connectivity index (χ0v) is 30.6. The van der Waals surface area contributed by atoms with Crippen LogP contribution in [0.2, 0.25) is 0 Å². The van der Waals surface area contributed by atoms with E-state index in [4.69, 9.17) is 19.5 Å². The van der Waals surface area contributed by atoms with Crippen molar-refractivity contribution in [2.75, 3.05) is 55.7 Å². The fourth-order valence-electron chi connectivity index (χ4n) is 5.04. The maximum atomic E-state index is 11.2. The number of nitrogens with zero attached hydrogens (tertiary/aromatic N) is 8. The highest BCUT2D eigenvalue weighted by atomic mass is 16.5. The van der Waals surface area contributed by atoms with Gasteiger partial charge >= 0.3 is 5.97 Å². The Morgan fingerprint density at radius 2 is 1.47 bits per heavy atom. The number of aliphatic hydroxyl groups is 2. The Hall–Kier alpha value is -5.22. The molecular formula is C35H49N9O7. The number of aliphatic hydroxyl groups excluding tert-OH is 2. The summed E-state index contributed by atoms with van der Waals surface area (Å²) in [5, 5.41) is 34.3. The summed E-state index contributed by atoms with van der Waals surface area (Å²) in [6.45, 7) is 18.1. The number of carboxylic acids is 1. The van der Waals surface area contributed by atoms with Gasteiger partial charge in [0, 0.05) is 49.7 Å². The smallest absolute Gasteiger partial charge is 0.354 e. The molecule has 0 spiro atoms. The van der Waals surface area contributed by atoms with Gasteiger partial charge in [-0.25, -0.2) is 24.7 Å². The number of carbonyl (C=O) groups is 2. The van der Waals surface area contributed by atoms with Crippen LogP contribution < -0.4 is 19.9 Å². The van der Waals surface area contributed by atoms with Crippen LogP contribution in [0.4, 0.5) is 11.9 Å². The molecule has 51 heavy (non-hydrogen) atoms. The van der Waals surface area contributed by atoms with Crippen LogP contribution in [0.15, 0.2) is 28.8 Å². The number of amides is 1. The van der Waals surface area contributed by atoms with Crippen molar-refractivity contribution in [1.82, 2.24) is 35.4 Å². The number of nitrogens with one attached hydrogen (secondary N) is 1. The van der Waals surface area contributed by atoms with Gasteiger partial charge in [-0.1, -0.05) is 12.1 Å². The lowest BCUT2D eigenvalue weighted by Crippen LogP contribution is -2.36. The minimum absolute atomic E-state index is 0.00676. The van der Waals surface area contributed by atoms with Gasteiger partial charge in [0.1, 0.15) is 30.8 Å². The predicted octanol–water partition coefficient (Wildman–Crippen LogP) is 3.40. The number of benzene rings is 1. The number of ether oxygens (including phenoxy) is 1. The van der Waals surface area contributed by atoms with E-state index in [1.54, 1.807) is 6.92 Å². The predicted molar refractivity (Wildman–Crippen MR) is 192 cm³/mol. The highest BCUT2D eigenvalue weighted by Crippen LogP contribution is 2.31. The molecule has 1 amide bonds. The molecule has 3 heterocycles. The highest BCUT2D eigenvalue weighted by Gasteiger charge is 2.19. The van der Waals surface area contributed by atoms with Gasteiger partial charge in [0.15, 0.2) is 5.69 Å². The van der Waals surface area contributed by atoms with Crippen molar-refractivity contribution in [3.05, 3.63) is 52.5 Å². The Labute approximate surface area is 297 Å².